The van der Waals surface area contributed by atoms with Crippen LogP contribution in [0.25, 0.3) is 0 Å². The highest BCUT2D eigenvalue weighted by atomic mass is 35.5. The summed E-state index contributed by atoms with van der Waals surface area (Å²) in [5.41, 5.74) is 7.03. The maximum Gasteiger partial charge on any atom is 0.247 e. The summed E-state index contributed by atoms with van der Waals surface area (Å²) in [7, 11) is 3.39. The molecule has 124 valence electrons. The molecule has 2 rings (SSSR count). The van der Waals surface area contributed by atoms with Crippen LogP contribution >= 0.6 is 12.4 Å². The Kier molecular flexibility index (Phi) is 6.61. The molecule has 1 amide bonds. The highest BCUT2D eigenvalue weighted by molar-refractivity contribution is 5.86. The highest BCUT2D eigenvalue weighted by Gasteiger charge is 2.32. The van der Waals surface area contributed by atoms with E-state index in [4.69, 9.17) is 10.5 Å². The van der Waals surface area contributed by atoms with Crippen LogP contribution in [0.1, 0.15) is 18.1 Å². The lowest BCUT2D eigenvalue weighted by Gasteiger charge is -2.29. The number of likely N-dealkylation sites (N-methyl/N-ethyl adjacent to an activating group) is 1. The standard InChI is InChI=1S/C18H22N2O2.ClH/c1-18(19,15-9-5-4-6-10-15)17(21)20(2)13-14-8-7-11-16(12-14)22-3;/h4-12H,13,19H2,1-3H3;1H. The zero-order chi connectivity index (χ0) is 16.2. The van der Waals surface area contributed by atoms with Gasteiger partial charge in [0.25, 0.3) is 0 Å². The first-order chi connectivity index (χ1) is 10.4. The molecule has 0 aliphatic carbocycles. The normalized spacial score (nSPS) is 12.7. The number of hydrogen-bond acceptors (Lipinski definition) is 3. The fraction of sp³-hybridized carbons (Fsp3) is 0.278. The molecular formula is C18H23ClN2O2. The number of carbonyl (C=O) groups excluding carboxylic acids is 1. The second kappa shape index (κ2) is 7.99. The van der Waals surface area contributed by atoms with Gasteiger partial charge >= 0.3 is 0 Å². The Morgan fingerprint density at radius 1 is 1.17 bits per heavy atom. The van der Waals surface area contributed by atoms with Crippen molar-refractivity contribution >= 4 is 18.3 Å². The van der Waals surface area contributed by atoms with Crippen LogP contribution in [-0.4, -0.2) is 25.0 Å². The predicted molar refractivity (Wildman–Crippen MR) is 94.7 cm³/mol. The number of carbonyl (C=O) groups is 1. The summed E-state index contributed by atoms with van der Waals surface area (Å²) in [6.07, 6.45) is 0. The highest BCUT2D eigenvalue weighted by Crippen LogP contribution is 2.21. The number of methoxy groups -OCH3 is 1. The van der Waals surface area contributed by atoms with E-state index in [1.165, 1.54) is 0 Å². The molecule has 4 nitrogen and oxygen atoms in total. The predicted octanol–water partition coefficient (Wildman–Crippen LogP) is 2.95. The van der Waals surface area contributed by atoms with Crippen molar-refractivity contribution < 1.29 is 9.53 Å². The minimum atomic E-state index is -1.05. The van der Waals surface area contributed by atoms with Gasteiger partial charge in [-0.25, -0.2) is 0 Å². The smallest absolute Gasteiger partial charge is 0.247 e. The van der Waals surface area contributed by atoms with E-state index >= 15 is 0 Å². The molecule has 23 heavy (non-hydrogen) atoms. The fourth-order valence-corrected chi connectivity index (χ4v) is 2.42. The molecule has 1 atom stereocenters. The number of benzene rings is 2. The third kappa shape index (κ3) is 4.47. The molecule has 2 aromatic rings. The number of rotatable bonds is 5. The first-order valence-electron chi connectivity index (χ1n) is 7.18. The molecular weight excluding hydrogens is 312 g/mol. The minimum Gasteiger partial charge on any atom is -0.497 e. The quantitative estimate of drug-likeness (QED) is 0.914. The van der Waals surface area contributed by atoms with Gasteiger partial charge in [0.1, 0.15) is 11.3 Å². The molecule has 0 aliphatic rings. The summed E-state index contributed by atoms with van der Waals surface area (Å²) in [6, 6.07) is 17.1. The van der Waals surface area contributed by atoms with Crippen molar-refractivity contribution in [2.45, 2.75) is 19.0 Å². The maximum atomic E-state index is 12.7. The molecule has 0 saturated carbocycles. The van der Waals surface area contributed by atoms with Crippen molar-refractivity contribution in [2.24, 2.45) is 5.73 Å². The number of ether oxygens (including phenoxy) is 1. The van der Waals surface area contributed by atoms with E-state index in [0.717, 1.165) is 16.9 Å². The second-order valence-electron chi connectivity index (χ2n) is 5.58. The van der Waals surface area contributed by atoms with E-state index < -0.39 is 5.54 Å². The molecule has 1 unspecified atom stereocenters. The van der Waals surface area contributed by atoms with Crippen molar-refractivity contribution in [2.75, 3.05) is 14.2 Å². The minimum absolute atomic E-state index is 0. The number of hydrogen-bond donors (Lipinski definition) is 1. The molecule has 0 radical (unpaired) electrons. The van der Waals surface area contributed by atoms with E-state index in [-0.39, 0.29) is 18.3 Å². The van der Waals surface area contributed by atoms with Crippen LogP contribution in [0.2, 0.25) is 0 Å². The lowest BCUT2D eigenvalue weighted by atomic mass is 9.91. The third-order valence-electron chi connectivity index (χ3n) is 3.72. The number of amides is 1. The van der Waals surface area contributed by atoms with E-state index in [2.05, 4.69) is 0 Å². The number of nitrogens with zero attached hydrogens (tertiary/aromatic N) is 1. The first-order valence-corrected chi connectivity index (χ1v) is 7.18. The molecule has 2 N–H and O–H groups in total. The Hall–Kier alpha value is -2.04. The van der Waals surface area contributed by atoms with Gasteiger partial charge in [-0.3, -0.25) is 4.79 Å². The lowest BCUT2D eigenvalue weighted by Crippen LogP contribution is -2.49. The van der Waals surface area contributed by atoms with E-state index in [1.807, 2.05) is 54.6 Å². The molecule has 0 bridgehead atoms. The largest absolute Gasteiger partial charge is 0.497 e. The van der Waals surface area contributed by atoms with Crippen LogP contribution in [-0.2, 0) is 16.9 Å². The monoisotopic (exact) mass is 334 g/mol. The molecule has 0 saturated heterocycles. The third-order valence-corrected chi connectivity index (χ3v) is 3.72. The molecule has 2 aromatic carbocycles. The van der Waals surface area contributed by atoms with Gasteiger partial charge in [0.2, 0.25) is 5.91 Å². The van der Waals surface area contributed by atoms with Gasteiger partial charge < -0.3 is 15.4 Å². The average molecular weight is 335 g/mol. The molecule has 0 aliphatic heterocycles. The van der Waals surface area contributed by atoms with E-state index in [1.54, 1.807) is 26.0 Å². The van der Waals surface area contributed by atoms with Crippen LogP contribution in [0.3, 0.4) is 0 Å². The summed E-state index contributed by atoms with van der Waals surface area (Å²) in [5, 5.41) is 0. The molecule has 0 fully saturated rings. The summed E-state index contributed by atoms with van der Waals surface area (Å²) in [4.78, 5) is 14.3. The van der Waals surface area contributed by atoms with Gasteiger partial charge in [0, 0.05) is 13.6 Å². The van der Waals surface area contributed by atoms with Crippen LogP contribution in [0, 0.1) is 0 Å². The molecule has 5 heteroatoms. The van der Waals surface area contributed by atoms with Gasteiger partial charge in [-0.05, 0) is 30.2 Å². The molecule has 0 aromatic heterocycles. The summed E-state index contributed by atoms with van der Waals surface area (Å²) >= 11 is 0. The number of nitrogens with two attached hydrogens (primary N) is 1. The van der Waals surface area contributed by atoms with Gasteiger partial charge in [0.15, 0.2) is 0 Å². The van der Waals surface area contributed by atoms with Crippen molar-refractivity contribution in [3.05, 3.63) is 65.7 Å². The first kappa shape index (κ1) is 19.0. The van der Waals surface area contributed by atoms with Crippen LogP contribution in [0.5, 0.6) is 5.75 Å². The van der Waals surface area contributed by atoms with Crippen LogP contribution in [0.4, 0.5) is 0 Å². The topological polar surface area (TPSA) is 55.6 Å². The molecule has 0 spiro atoms. The van der Waals surface area contributed by atoms with Crippen molar-refractivity contribution in [3.63, 3.8) is 0 Å². The van der Waals surface area contributed by atoms with Gasteiger partial charge in [-0.2, -0.15) is 0 Å². The van der Waals surface area contributed by atoms with Crippen molar-refractivity contribution in [1.82, 2.24) is 4.90 Å². The van der Waals surface area contributed by atoms with Crippen molar-refractivity contribution in [3.8, 4) is 5.75 Å². The Morgan fingerprint density at radius 3 is 2.43 bits per heavy atom. The maximum absolute atomic E-state index is 12.7. The van der Waals surface area contributed by atoms with Crippen molar-refractivity contribution in [1.29, 1.82) is 0 Å². The zero-order valence-corrected chi connectivity index (χ0v) is 14.5. The lowest BCUT2D eigenvalue weighted by molar-refractivity contribution is -0.136. The Labute approximate surface area is 143 Å². The summed E-state index contributed by atoms with van der Waals surface area (Å²) in [5.74, 6) is 0.651. The number of halogens is 1. The second-order valence-corrected chi connectivity index (χ2v) is 5.58. The average Bonchev–Trinajstić information content (AvgIpc) is 2.55. The Bertz CT molecular complexity index is 644. The van der Waals surface area contributed by atoms with Crippen LogP contribution in [0.15, 0.2) is 54.6 Å². The van der Waals surface area contributed by atoms with Gasteiger partial charge in [-0.15, -0.1) is 12.4 Å². The Balaban J connectivity index is 0.00000264. The molecule has 0 heterocycles. The van der Waals surface area contributed by atoms with Gasteiger partial charge in [-0.1, -0.05) is 42.5 Å². The SMILES string of the molecule is COc1cccc(CN(C)C(=O)C(C)(N)c2ccccc2)c1.Cl. The summed E-state index contributed by atoms with van der Waals surface area (Å²) in [6.45, 7) is 2.22. The van der Waals surface area contributed by atoms with Gasteiger partial charge in [0.05, 0.1) is 7.11 Å². The van der Waals surface area contributed by atoms with Crippen LogP contribution < -0.4 is 10.5 Å². The fourth-order valence-electron chi connectivity index (χ4n) is 2.42. The zero-order valence-electron chi connectivity index (χ0n) is 13.7. The van der Waals surface area contributed by atoms with E-state index in [0.29, 0.717) is 6.54 Å². The van der Waals surface area contributed by atoms with E-state index in [9.17, 15) is 4.79 Å². The Morgan fingerprint density at radius 2 is 1.83 bits per heavy atom. The summed E-state index contributed by atoms with van der Waals surface area (Å²) < 4.78 is 5.21.